The molecule has 0 fully saturated rings. The SMILES string of the molecule is NC(=O)C(Nc1ccccc1)c1ccccc1O. The average molecular weight is 242 g/mol. The van der Waals surface area contributed by atoms with Crippen LogP contribution < -0.4 is 11.1 Å². The summed E-state index contributed by atoms with van der Waals surface area (Å²) >= 11 is 0. The van der Waals surface area contributed by atoms with Crippen LogP contribution in [0.5, 0.6) is 5.75 Å². The summed E-state index contributed by atoms with van der Waals surface area (Å²) in [6.45, 7) is 0. The Morgan fingerprint density at radius 2 is 1.67 bits per heavy atom. The Kier molecular flexibility index (Phi) is 3.48. The molecule has 0 aromatic heterocycles. The number of carbonyl (C=O) groups excluding carboxylic acids is 1. The summed E-state index contributed by atoms with van der Waals surface area (Å²) in [6, 6.07) is 15.1. The van der Waals surface area contributed by atoms with E-state index in [0.29, 0.717) is 5.56 Å². The third-order valence-electron chi connectivity index (χ3n) is 2.62. The fourth-order valence-electron chi connectivity index (χ4n) is 1.73. The molecule has 18 heavy (non-hydrogen) atoms. The second kappa shape index (κ2) is 5.23. The second-order valence-electron chi connectivity index (χ2n) is 3.90. The van der Waals surface area contributed by atoms with Crippen LogP contribution in [0.3, 0.4) is 0 Å². The van der Waals surface area contributed by atoms with Gasteiger partial charge in [-0.15, -0.1) is 0 Å². The summed E-state index contributed by atoms with van der Waals surface area (Å²) in [5.41, 5.74) is 6.61. The van der Waals surface area contributed by atoms with E-state index in [2.05, 4.69) is 5.32 Å². The fraction of sp³-hybridized carbons (Fsp3) is 0.0714. The molecular weight excluding hydrogens is 228 g/mol. The van der Waals surface area contributed by atoms with Crippen molar-refractivity contribution >= 4 is 11.6 Å². The molecule has 0 heterocycles. The molecule has 2 rings (SSSR count). The molecule has 4 nitrogen and oxygen atoms in total. The molecule has 0 saturated carbocycles. The number of primary amides is 1. The van der Waals surface area contributed by atoms with Gasteiger partial charge in [-0.1, -0.05) is 36.4 Å². The Morgan fingerprint density at radius 1 is 1.06 bits per heavy atom. The van der Waals surface area contributed by atoms with Gasteiger partial charge >= 0.3 is 0 Å². The van der Waals surface area contributed by atoms with Crippen molar-refractivity contribution in [3.8, 4) is 5.75 Å². The van der Waals surface area contributed by atoms with Crippen molar-refractivity contribution in [1.82, 2.24) is 0 Å². The maximum absolute atomic E-state index is 11.5. The van der Waals surface area contributed by atoms with Gasteiger partial charge in [0.1, 0.15) is 11.8 Å². The quantitative estimate of drug-likeness (QED) is 0.767. The molecule has 1 amide bonds. The fourth-order valence-corrected chi connectivity index (χ4v) is 1.73. The molecule has 4 N–H and O–H groups in total. The summed E-state index contributed by atoms with van der Waals surface area (Å²) < 4.78 is 0. The summed E-state index contributed by atoms with van der Waals surface area (Å²) in [6.07, 6.45) is 0. The smallest absolute Gasteiger partial charge is 0.244 e. The van der Waals surface area contributed by atoms with Crippen molar-refractivity contribution in [3.05, 3.63) is 60.2 Å². The topological polar surface area (TPSA) is 75.4 Å². The predicted molar refractivity (Wildman–Crippen MR) is 70.1 cm³/mol. The molecule has 1 atom stereocenters. The average Bonchev–Trinajstić information content (AvgIpc) is 2.38. The molecule has 0 radical (unpaired) electrons. The molecule has 0 aliphatic rings. The molecule has 0 bridgehead atoms. The molecule has 2 aromatic carbocycles. The van der Waals surface area contributed by atoms with Crippen LogP contribution in [0.4, 0.5) is 5.69 Å². The van der Waals surface area contributed by atoms with E-state index in [1.165, 1.54) is 6.07 Å². The van der Waals surface area contributed by atoms with E-state index in [1.807, 2.05) is 30.3 Å². The minimum Gasteiger partial charge on any atom is -0.508 e. The molecule has 2 aromatic rings. The van der Waals surface area contributed by atoms with E-state index >= 15 is 0 Å². The van der Waals surface area contributed by atoms with Gasteiger partial charge < -0.3 is 16.2 Å². The van der Waals surface area contributed by atoms with Crippen LogP contribution in [0, 0.1) is 0 Å². The number of nitrogens with one attached hydrogen (secondary N) is 1. The van der Waals surface area contributed by atoms with Crippen LogP contribution in [0.15, 0.2) is 54.6 Å². The first-order chi connectivity index (χ1) is 8.68. The van der Waals surface area contributed by atoms with Crippen LogP contribution in [0.25, 0.3) is 0 Å². The molecule has 1 unspecified atom stereocenters. The van der Waals surface area contributed by atoms with Crippen LogP contribution in [-0.4, -0.2) is 11.0 Å². The Bertz CT molecular complexity index is 541. The monoisotopic (exact) mass is 242 g/mol. The van der Waals surface area contributed by atoms with E-state index in [1.54, 1.807) is 18.2 Å². The van der Waals surface area contributed by atoms with E-state index in [0.717, 1.165) is 5.69 Å². The van der Waals surface area contributed by atoms with Crippen molar-refractivity contribution in [2.45, 2.75) is 6.04 Å². The van der Waals surface area contributed by atoms with Gasteiger partial charge in [0.2, 0.25) is 5.91 Å². The summed E-state index contributed by atoms with van der Waals surface area (Å²) in [5.74, 6) is -0.495. The lowest BCUT2D eigenvalue weighted by Gasteiger charge is -2.18. The Labute approximate surface area is 105 Å². The lowest BCUT2D eigenvalue weighted by Crippen LogP contribution is -2.27. The zero-order valence-corrected chi connectivity index (χ0v) is 9.71. The molecule has 0 saturated heterocycles. The van der Waals surface area contributed by atoms with E-state index in [4.69, 9.17) is 5.73 Å². The summed E-state index contributed by atoms with van der Waals surface area (Å²) in [5, 5.41) is 12.8. The highest BCUT2D eigenvalue weighted by molar-refractivity contribution is 5.85. The third-order valence-corrected chi connectivity index (χ3v) is 2.62. The summed E-state index contributed by atoms with van der Waals surface area (Å²) in [7, 11) is 0. The van der Waals surface area contributed by atoms with E-state index in [-0.39, 0.29) is 5.75 Å². The lowest BCUT2D eigenvalue weighted by molar-refractivity contribution is -0.118. The highest BCUT2D eigenvalue weighted by Gasteiger charge is 2.20. The number of anilines is 1. The highest BCUT2D eigenvalue weighted by atomic mass is 16.3. The normalized spacial score (nSPS) is 11.8. The number of phenolic OH excluding ortho intramolecular Hbond substituents is 1. The number of rotatable bonds is 4. The predicted octanol–water partition coefficient (Wildman–Crippen LogP) is 2.03. The first-order valence-electron chi connectivity index (χ1n) is 5.57. The van der Waals surface area contributed by atoms with Crippen LogP contribution >= 0.6 is 0 Å². The van der Waals surface area contributed by atoms with E-state index < -0.39 is 11.9 Å². The molecule has 0 spiro atoms. The van der Waals surface area contributed by atoms with E-state index in [9.17, 15) is 9.90 Å². The van der Waals surface area contributed by atoms with Gasteiger partial charge in [-0.25, -0.2) is 0 Å². The maximum Gasteiger partial charge on any atom is 0.244 e. The molecular formula is C14H14N2O2. The van der Waals surface area contributed by atoms with Gasteiger partial charge in [-0.2, -0.15) is 0 Å². The number of amides is 1. The number of aromatic hydroxyl groups is 1. The minimum absolute atomic E-state index is 0.0460. The highest BCUT2D eigenvalue weighted by Crippen LogP contribution is 2.26. The molecule has 0 aliphatic carbocycles. The second-order valence-corrected chi connectivity index (χ2v) is 3.90. The first-order valence-corrected chi connectivity index (χ1v) is 5.57. The van der Waals surface area contributed by atoms with Crippen molar-refractivity contribution < 1.29 is 9.90 Å². The standard InChI is InChI=1S/C14H14N2O2/c15-14(18)13(11-8-4-5-9-12(11)17)16-10-6-2-1-3-7-10/h1-9,13,16-17H,(H2,15,18). The van der Waals surface area contributed by atoms with Crippen LogP contribution in [0.2, 0.25) is 0 Å². The Balaban J connectivity index is 2.30. The molecule has 0 aliphatic heterocycles. The van der Waals surface area contributed by atoms with Crippen LogP contribution in [0.1, 0.15) is 11.6 Å². The van der Waals surface area contributed by atoms with Gasteiger partial charge in [-0.3, -0.25) is 4.79 Å². The van der Waals surface area contributed by atoms with Crippen molar-refractivity contribution in [1.29, 1.82) is 0 Å². The zero-order chi connectivity index (χ0) is 13.0. The number of phenols is 1. The van der Waals surface area contributed by atoms with Crippen LogP contribution in [-0.2, 0) is 4.79 Å². The minimum atomic E-state index is -0.756. The number of nitrogens with two attached hydrogens (primary N) is 1. The van der Waals surface area contributed by atoms with Gasteiger partial charge in [0.25, 0.3) is 0 Å². The number of carbonyl (C=O) groups is 1. The lowest BCUT2D eigenvalue weighted by atomic mass is 10.0. The van der Waals surface area contributed by atoms with Gasteiger partial charge in [-0.05, 0) is 18.2 Å². The first kappa shape index (κ1) is 12.0. The zero-order valence-electron chi connectivity index (χ0n) is 9.71. The van der Waals surface area contributed by atoms with Gasteiger partial charge in [0.05, 0.1) is 0 Å². The maximum atomic E-state index is 11.5. The van der Waals surface area contributed by atoms with Crippen molar-refractivity contribution in [2.75, 3.05) is 5.32 Å². The third kappa shape index (κ3) is 2.60. The van der Waals surface area contributed by atoms with Gasteiger partial charge in [0, 0.05) is 11.3 Å². The van der Waals surface area contributed by atoms with Crippen molar-refractivity contribution in [2.24, 2.45) is 5.73 Å². The largest absolute Gasteiger partial charge is 0.508 e. The van der Waals surface area contributed by atoms with Crippen molar-refractivity contribution in [3.63, 3.8) is 0 Å². The molecule has 92 valence electrons. The number of para-hydroxylation sites is 2. The number of hydrogen-bond acceptors (Lipinski definition) is 3. The Hall–Kier alpha value is -2.49. The number of benzene rings is 2. The van der Waals surface area contributed by atoms with Gasteiger partial charge in [0.15, 0.2) is 0 Å². The molecule has 4 heteroatoms. The Morgan fingerprint density at radius 3 is 2.28 bits per heavy atom. The summed E-state index contributed by atoms with van der Waals surface area (Å²) in [4.78, 5) is 11.5. The number of hydrogen-bond donors (Lipinski definition) is 3.